The number of fused-ring (bicyclic) bond motifs is 10. The highest BCUT2D eigenvalue weighted by molar-refractivity contribution is 6.06. The lowest BCUT2D eigenvalue weighted by Crippen LogP contribution is -2.27. The van der Waals surface area contributed by atoms with Crippen LogP contribution < -0.4 is 0 Å². The molecule has 1 saturated carbocycles. The molecule has 3 aromatic rings. The molecule has 1 nitrogen and oxygen atoms in total. The third-order valence-electron chi connectivity index (χ3n) is 12.2. The number of Topliss-reactive ketones (excluding diaryl/α,β-unsaturated/α-hetero) is 1. The Morgan fingerprint density at radius 1 is 0.630 bits per heavy atom. The average Bonchev–Trinajstić information content (AvgIpc) is 3.59. The van der Waals surface area contributed by atoms with Crippen molar-refractivity contribution >= 4 is 11.4 Å². The van der Waals surface area contributed by atoms with Crippen LogP contribution in [-0.2, 0) is 15.6 Å². The van der Waals surface area contributed by atoms with Crippen LogP contribution in [0.25, 0.3) is 16.7 Å². The lowest BCUT2D eigenvalue weighted by Gasteiger charge is -2.36. The van der Waals surface area contributed by atoms with Crippen LogP contribution in [0.2, 0.25) is 0 Å². The summed E-state index contributed by atoms with van der Waals surface area (Å²) in [6.07, 6.45) is 21.8. The van der Waals surface area contributed by atoms with Crippen LogP contribution >= 0.6 is 0 Å². The highest BCUT2D eigenvalue weighted by Gasteiger charge is 2.52. The van der Waals surface area contributed by atoms with Gasteiger partial charge in [-0.2, -0.15) is 0 Å². The molecule has 0 bridgehead atoms. The molecular weight excluding hydrogens is 556 g/mol. The Kier molecular flexibility index (Phi) is 7.24. The zero-order valence-corrected chi connectivity index (χ0v) is 28.3. The van der Waals surface area contributed by atoms with Gasteiger partial charge in [-0.15, -0.1) is 0 Å². The molecule has 0 atom stereocenters. The molecule has 0 aliphatic heterocycles. The summed E-state index contributed by atoms with van der Waals surface area (Å²) in [6, 6.07) is 20.7. The van der Waals surface area contributed by atoms with Gasteiger partial charge in [0.1, 0.15) is 0 Å². The van der Waals surface area contributed by atoms with E-state index in [0.29, 0.717) is 17.6 Å². The van der Waals surface area contributed by atoms with Gasteiger partial charge in [-0.3, -0.25) is 4.79 Å². The molecule has 3 aromatic carbocycles. The smallest absolute Gasteiger partial charge is 0.164 e. The number of allylic oxidation sites excluding steroid dienone is 8. The Morgan fingerprint density at radius 2 is 1.22 bits per heavy atom. The minimum Gasteiger partial charge on any atom is -0.294 e. The first-order valence-electron chi connectivity index (χ1n) is 18.0. The molecule has 0 saturated heterocycles. The third kappa shape index (κ3) is 4.44. The van der Waals surface area contributed by atoms with Gasteiger partial charge < -0.3 is 0 Å². The molecule has 1 fully saturated rings. The van der Waals surface area contributed by atoms with Crippen LogP contribution in [0.1, 0.15) is 123 Å². The second-order valence-corrected chi connectivity index (χ2v) is 15.2. The van der Waals surface area contributed by atoms with Crippen molar-refractivity contribution in [3.05, 3.63) is 134 Å². The Labute approximate surface area is 276 Å². The van der Waals surface area contributed by atoms with E-state index in [2.05, 4.69) is 101 Å². The third-order valence-corrected chi connectivity index (χ3v) is 12.2. The van der Waals surface area contributed by atoms with Gasteiger partial charge in [0.05, 0.1) is 5.41 Å². The van der Waals surface area contributed by atoms with Crippen molar-refractivity contribution in [3.63, 3.8) is 0 Å². The molecule has 0 heterocycles. The summed E-state index contributed by atoms with van der Waals surface area (Å²) in [6.45, 7) is 8.88. The summed E-state index contributed by atoms with van der Waals surface area (Å²) in [5.41, 5.74) is 20.0. The minimum absolute atomic E-state index is 0.222. The fourth-order valence-corrected chi connectivity index (χ4v) is 10.0. The lowest BCUT2D eigenvalue weighted by molar-refractivity contribution is -0.115. The summed E-state index contributed by atoms with van der Waals surface area (Å²) in [5, 5.41) is 0. The molecule has 0 N–H and O–H groups in total. The lowest BCUT2D eigenvalue weighted by atomic mass is 9.67. The number of aryl methyl sites for hydroxylation is 3. The van der Waals surface area contributed by atoms with Crippen molar-refractivity contribution in [2.24, 2.45) is 0 Å². The van der Waals surface area contributed by atoms with Crippen LogP contribution in [-0.4, -0.2) is 5.78 Å². The normalized spacial score (nSPS) is 21.6. The quantitative estimate of drug-likeness (QED) is 0.249. The Hall–Kier alpha value is -3.71. The second kappa shape index (κ2) is 11.2. The first kappa shape index (κ1) is 29.7. The van der Waals surface area contributed by atoms with Gasteiger partial charge in [0, 0.05) is 17.4 Å². The van der Waals surface area contributed by atoms with E-state index >= 15 is 0 Å². The predicted molar refractivity (Wildman–Crippen MR) is 192 cm³/mol. The maximum Gasteiger partial charge on any atom is 0.164 e. The first-order valence-corrected chi connectivity index (χ1v) is 18.0. The molecule has 0 amide bonds. The minimum atomic E-state index is -0.222. The summed E-state index contributed by atoms with van der Waals surface area (Å²) < 4.78 is 0. The Balaban J connectivity index is 0.000000136. The topological polar surface area (TPSA) is 17.1 Å². The van der Waals surface area contributed by atoms with Crippen molar-refractivity contribution in [2.75, 3.05) is 0 Å². The number of ketones is 1. The van der Waals surface area contributed by atoms with Gasteiger partial charge >= 0.3 is 0 Å². The van der Waals surface area contributed by atoms with Gasteiger partial charge in [0.25, 0.3) is 0 Å². The Morgan fingerprint density at radius 3 is 1.87 bits per heavy atom. The van der Waals surface area contributed by atoms with Crippen LogP contribution in [0.5, 0.6) is 0 Å². The fourth-order valence-electron chi connectivity index (χ4n) is 10.0. The monoisotopic (exact) mass is 604 g/mol. The summed E-state index contributed by atoms with van der Waals surface area (Å²) >= 11 is 0. The van der Waals surface area contributed by atoms with E-state index in [-0.39, 0.29) is 5.41 Å². The molecule has 0 radical (unpaired) electrons. The fraction of sp³-hybridized carbons (Fsp3) is 0.400. The zero-order valence-electron chi connectivity index (χ0n) is 28.3. The largest absolute Gasteiger partial charge is 0.294 e. The molecule has 234 valence electrons. The van der Waals surface area contributed by atoms with E-state index in [1.54, 1.807) is 27.8 Å². The van der Waals surface area contributed by atoms with E-state index in [9.17, 15) is 4.79 Å². The van der Waals surface area contributed by atoms with Gasteiger partial charge in [-0.25, -0.2) is 0 Å². The van der Waals surface area contributed by atoms with Gasteiger partial charge in [-0.05, 0) is 116 Å². The molecule has 6 aliphatic rings. The van der Waals surface area contributed by atoms with E-state index in [1.165, 1.54) is 102 Å². The molecule has 2 spiro atoms. The van der Waals surface area contributed by atoms with E-state index < -0.39 is 0 Å². The van der Waals surface area contributed by atoms with Gasteiger partial charge in [0.15, 0.2) is 5.78 Å². The first-order chi connectivity index (χ1) is 22.3. The van der Waals surface area contributed by atoms with E-state index in [4.69, 9.17) is 0 Å². The number of rotatable bonds is 0. The van der Waals surface area contributed by atoms with E-state index in [1.807, 2.05) is 0 Å². The van der Waals surface area contributed by atoms with Crippen LogP contribution in [0, 0.1) is 20.8 Å². The molecule has 1 heteroatoms. The number of hydrogen-bond acceptors (Lipinski definition) is 1. The molecule has 9 rings (SSSR count). The number of benzene rings is 3. The van der Waals surface area contributed by atoms with E-state index in [0.717, 1.165) is 18.4 Å². The van der Waals surface area contributed by atoms with Crippen molar-refractivity contribution < 1.29 is 4.79 Å². The Bertz CT molecular complexity index is 1840. The van der Waals surface area contributed by atoms with Gasteiger partial charge in [-0.1, -0.05) is 127 Å². The van der Waals surface area contributed by atoms with Crippen molar-refractivity contribution in [2.45, 2.75) is 116 Å². The molecule has 46 heavy (non-hydrogen) atoms. The van der Waals surface area contributed by atoms with Gasteiger partial charge in [0.2, 0.25) is 0 Å². The maximum atomic E-state index is 12.9. The van der Waals surface area contributed by atoms with Crippen molar-refractivity contribution in [3.8, 4) is 11.1 Å². The molecular formula is C45H48O. The summed E-state index contributed by atoms with van der Waals surface area (Å²) in [4.78, 5) is 12.9. The number of hydrogen-bond donors (Lipinski definition) is 0. The van der Waals surface area contributed by atoms with Crippen molar-refractivity contribution in [1.29, 1.82) is 0 Å². The average molecular weight is 605 g/mol. The highest BCUT2D eigenvalue weighted by Crippen LogP contribution is 2.60. The summed E-state index contributed by atoms with van der Waals surface area (Å²) in [5.74, 6) is 0.308. The maximum absolute atomic E-state index is 12.9. The SMILES string of the molecule is CC1=CC2=C(CC1)c1ccc(C)cc1C21CCCCCCC1.Cc1ccc2c(c1)C1(CC(=O)C3=C1CCC=C3)c1cc(C)ccc1-2. The van der Waals surface area contributed by atoms with Crippen LogP contribution in [0.4, 0.5) is 0 Å². The highest BCUT2D eigenvalue weighted by atomic mass is 16.1. The van der Waals surface area contributed by atoms with Crippen LogP contribution in [0.3, 0.4) is 0 Å². The molecule has 6 aliphatic carbocycles. The summed E-state index contributed by atoms with van der Waals surface area (Å²) in [7, 11) is 0. The van der Waals surface area contributed by atoms with Crippen molar-refractivity contribution in [1.82, 2.24) is 0 Å². The van der Waals surface area contributed by atoms with Crippen LogP contribution in [0.15, 0.2) is 95.1 Å². The molecule has 0 aromatic heterocycles. The second-order valence-electron chi connectivity index (χ2n) is 15.2. The molecule has 0 unspecified atom stereocenters. The number of carbonyl (C=O) groups excluding carboxylic acids is 1. The zero-order chi connectivity index (χ0) is 31.6. The number of carbonyl (C=O) groups is 1. The standard InChI is InChI=1S/C23H20O.C22H28/c1-14-7-9-16-17-10-8-15(2)12-21(17)23(20(16)11-14)13-22(24)18-5-3-4-6-19(18)23;1-16-8-10-18-19-11-9-17(2)15-21(19)22(20(18)14-16)12-6-4-3-5-7-13-22/h3,5,7-12H,4,6,13H2,1-2H3;8,10,14-15H,3-7,9,11-13H2,1-2H3. The predicted octanol–water partition coefficient (Wildman–Crippen LogP) is 11.7.